The third-order valence-corrected chi connectivity index (χ3v) is 4.15. The maximum absolute atomic E-state index is 14.3. The molecule has 4 heteroatoms. The summed E-state index contributed by atoms with van der Waals surface area (Å²) in [6.07, 6.45) is 0.967. The molecule has 104 valence electrons. The van der Waals surface area contributed by atoms with Crippen LogP contribution in [-0.2, 0) is 6.42 Å². The molecule has 1 aliphatic heterocycles. The molecule has 0 saturated carbocycles. The van der Waals surface area contributed by atoms with Crippen LogP contribution in [0.15, 0.2) is 42.5 Å². The van der Waals surface area contributed by atoms with Gasteiger partial charge in [0, 0.05) is 24.3 Å². The van der Waals surface area contributed by atoms with Gasteiger partial charge in [-0.25, -0.2) is 4.39 Å². The van der Waals surface area contributed by atoms with Crippen molar-refractivity contribution < 1.29 is 4.39 Å². The summed E-state index contributed by atoms with van der Waals surface area (Å²) in [5, 5.41) is 0.147. The fourth-order valence-electron chi connectivity index (χ4n) is 2.89. The third-order valence-electron chi connectivity index (χ3n) is 3.86. The highest BCUT2D eigenvalue weighted by Crippen LogP contribution is 2.36. The average Bonchev–Trinajstić information content (AvgIpc) is 2.88. The van der Waals surface area contributed by atoms with Crippen molar-refractivity contribution in [2.45, 2.75) is 12.5 Å². The lowest BCUT2D eigenvalue weighted by molar-refractivity contribution is 0.565. The molecule has 1 heterocycles. The highest BCUT2D eigenvalue weighted by molar-refractivity contribution is 6.30. The first-order valence-corrected chi connectivity index (χ1v) is 7.08. The van der Waals surface area contributed by atoms with E-state index in [0.29, 0.717) is 12.1 Å². The summed E-state index contributed by atoms with van der Waals surface area (Å²) in [5.41, 5.74) is 8.90. The van der Waals surface area contributed by atoms with Gasteiger partial charge in [-0.15, -0.1) is 0 Å². The Morgan fingerprint density at radius 3 is 2.80 bits per heavy atom. The quantitative estimate of drug-likeness (QED) is 0.937. The van der Waals surface area contributed by atoms with Gasteiger partial charge in [0.1, 0.15) is 5.82 Å². The molecule has 1 atom stereocenters. The van der Waals surface area contributed by atoms with Crippen LogP contribution in [0.1, 0.15) is 17.2 Å². The minimum Gasteiger partial charge on any atom is -0.363 e. The van der Waals surface area contributed by atoms with Crippen LogP contribution in [0, 0.1) is 5.82 Å². The molecule has 0 radical (unpaired) electrons. The first-order chi connectivity index (χ1) is 9.72. The number of benzene rings is 2. The molecule has 0 aliphatic carbocycles. The number of nitrogens with zero attached hydrogens (tertiary/aromatic N) is 1. The molecule has 0 amide bonds. The number of hydrogen-bond donors (Lipinski definition) is 1. The standard InChI is InChI=1S/C16H16ClFN2/c17-13-6-3-5-12(16(13)18)15(10-19)20-9-8-11-4-1-2-7-14(11)20/h1-7,15H,8-10,19H2. The summed E-state index contributed by atoms with van der Waals surface area (Å²) >= 11 is 5.89. The fraction of sp³-hybridized carbons (Fsp3) is 0.250. The number of nitrogens with two attached hydrogens (primary N) is 1. The van der Waals surface area contributed by atoms with Crippen molar-refractivity contribution in [3.8, 4) is 0 Å². The number of rotatable bonds is 3. The Kier molecular flexibility index (Phi) is 3.64. The molecule has 0 saturated heterocycles. The highest BCUT2D eigenvalue weighted by Gasteiger charge is 2.28. The van der Waals surface area contributed by atoms with Gasteiger partial charge in [0.2, 0.25) is 0 Å². The SMILES string of the molecule is NCC(c1cccc(Cl)c1F)N1CCc2ccccc21. The molecule has 2 aromatic carbocycles. The van der Waals surface area contributed by atoms with E-state index in [1.165, 1.54) is 5.56 Å². The van der Waals surface area contributed by atoms with Crippen molar-refractivity contribution >= 4 is 17.3 Å². The second-order valence-corrected chi connectivity index (χ2v) is 5.37. The van der Waals surface area contributed by atoms with Crippen LogP contribution in [0.4, 0.5) is 10.1 Å². The molecule has 1 unspecified atom stereocenters. The van der Waals surface area contributed by atoms with E-state index in [2.05, 4.69) is 17.0 Å². The number of para-hydroxylation sites is 1. The normalized spacial score (nSPS) is 15.2. The second kappa shape index (κ2) is 5.43. The van der Waals surface area contributed by atoms with Gasteiger partial charge in [0.25, 0.3) is 0 Å². The summed E-state index contributed by atoms with van der Waals surface area (Å²) < 4.78 is 14.3. The second-order valence-electron chi connectivity index (χ2n) is 4.97. The van der Waals surface area contributed by atoms with Gasteiger partial charge < -0.3 is 10.6 Å². The predicted octanol–water partition coefficient (Wildman–Crippen LogP) is 3.54. The van der Waals surface area contributed by atoms with Gasteiger partial charge in [-0.3, -0.25) is 0 Å². The van der Waals surface area contributed by atoms with E-state index in [0.717, 1.165) is 18.7 Å². The molecule has 2 aromatic rings. The van der Waals surface area contributed by atoms with Crippen LogP contribution in [0.3, 0.4) is 0 Å². The number of fused-ring (bicyclic) bond motifs is 1. The molecule has 2 nitrogen and oxygen atoms in total. The molecular formula is C16H16ClFN2. The van der Waals surface area contributed by atoms with E-state index in [1.807, 2.05) is 12.1 Å². The largest absolute Gasteiger partial charge is 0.363 e. The zero-order chi connectivity index (χ0) is 14.1. The summed E-state index contributed by atoms with van der Waals surface area (Å²) in [7, 11) is 0. The Hall–Kier alpha value is -1.58. The minimum atomic E-state index is -0.367. The van der Waals surface area contributed by atoms with E-state index < -0.39 is 0 Å². The molecule has 0 aromatic heterocycles. The predicted molar refractivity (Wildman–Crippen MR) is 80.7 cm³/mol. The highest BCUT2D eigenvalue weighted by atomic mass is 35.5. The Labute approximate surface area is 123 Å². The zero-order valence-electron chi connectivity index (χ0n) is 11.0. The summed E-state index contributed by atoms with van der Waals surface area (Å²) in [6.45, 7) is 1.21. The lowest BCUT2D eigenvalue weighted by Crippen LogP contribution is -2.33. The number of halogens is 2. The summed E-state index contributed by atoms with van der Waals surface area (Å²) in [4.78, 5) is 2.17. The van der Waals surface area contributed by atoms with Gasteiger partial charge in [-0.1, -0.05) is 41.9 Å². The number of hydrogen-bond acceptors (Lipinski definition) is 2. The van der Waals surface area contributed by atoms with Crippen LogP contribution in [-0.4, -0.2) is 13.1 Å². The Balaban J connectivity index is 2.02. The molecule has 1 aliphatic rings. The van der Waals surface area contributed by atoms with E-state index in [9.17, 15) is 4.39 Å². The molecule has 0 bridgehead atoms. The zero-order valence-corrected chi connectivity index (χ0v) is 11.8. The Morgan fingerprint density at radius 2 is 2.00 bits per heavy atom. The van der Waals surface area contributed by atoms with Crippen LogP contribution in [0.2, 0.25) is 5.02 Å². The first-order valence-electron chi connectivity index (χ1n) is 6.71. The molecular weight excluding hydrogens is 275 g/mol. The minimum absolute atomic E-state index is 0.147. The van der Waals surface area contributed by atoms with E-state index in [-0.39, 0.29) is 16.9 Å². The van der Waals surface area contributed by atoms with Gasteiger partial charge >= 0.3 is 0 Å². The van der Waals surface area contributed by atoms with Crippen molar-refractivity contribution in [1.82, 2.24) is 0 Å². The van der Waals surface area contributed by atoms with Crippen LogP contribution < -0.4 is 10.6 Å². The Bertz CT molecular complexity index is 630. The average molecular weight is 291 g/mol. The lowest BCUT2D eigenvalue weighted by Gasteiger charge is -2.30. The Morgan fingerprint density at radius 1 is 1.20 bits per heavy atom. The van der Waals surface area contributed by atoms with Gasteiger partial charge in [0.15, 0.2) is 0 Å². The van der Waals surface area contributed by atoms with Crippen LogP contribution in [0.5, 0.6) is 0 Å². The summed E-state index contributed by atoms with van der Waals surface area (Å²) in [5.74, 6) is -0.367. The fourth-order valence-corrected chi connectivity index (χ4v) is 3.07. The number of anilines is 1. The first kappa shape index (κ1) is 13.4. The molecule has 0 spiro atoms. The molecule has 3 rings (SSSR count). The molecule has 20 heavy (non-hydrogen) atoms. The smallest absolute Gasteiger partial charge is 0.147 e. The van der Waals surface area contributed by atoms with Gasteiger partial charge in [-0.2, -0.15) is 0 Å². The van der Waals surface area contributed by atoms with Crippen molar-refractivity contribution in [1.29, 1.82) is 0 Å². The molecule has 2 N–H and O–H groups in total. The summed E-state index contributed by atoms with van der Waals surface area (Å²) in [6, 6.07) is 13.1. The van der Waals surface area contributed by atoms with E-state index >= 15 is 0 Å². The van der Waals surface area contributed by atoms with Crippen molar-refractivity contribution in [3.05, 3.63) is 64.4 Å². The van der Waals surface area contributed by atoms with E-state index in [4.69, 9.17) is 17.3 Å². The maximum atomic E-state index is 14.3. The van der Waals surface area contributed by atoms with Crippen LogP contribution in [0.25, 0.3) is 0 Å². The monoisotopic (exact) mass is 290 g/mol. The van der Waals surface area contributed by atoms with Crippen molar-refractivity contribution in [3.63, 3.8) is 0 Å². The van der Waals surface area contributed by atoms with Crippen LogP contribution >= 0.6 is 11.6 Å². The topological polar surface area (TPSA) is 29.3 Å². The van der Waals surface area contributed by atoms with Gasteiger partial charge in [0.05, 0.1) is 11.1 Å². The van der Waals surface area contributed by atoms with Crippen molar-refractivity contribution in [2.75, 3.05) is 18.0 Å². The lowest BCUT2D eigenvalue weighted by atomic mass is 10.0. The maximum Gasteiger partial charge on any atom is 0.147 e. The molecule has 0 fully saturated rings. The van der Waals surface area contributed by atoms with Crippen molar-refractivity contribution in [2.24, 2.45) is 5.73 Å². The van der Waals surface area contributed by atoms with E-state index in [1.54, 1.807) is 18.2 Å². The third kappa shape index (κ3) is 2.17. The van der Waals surface area contributed by atoms with Gasteiger partial charge in [-0.05, 0) is 24.1 Å².